The Labute approximate surface area is 158 Å². The lowest BCUT2D eigenvalue weighted by molar-refractivity contribution is 0.348. The van der Waals surface area contributed by atoms with Crippen LogP contribution in [0.25, 0.3) is 0 Å². The molecule has 144 valence electrons. The molecule has 2 aromatic rings. The molecule has 2 aromatic heterocycles. The zero-order valence-electron chi connectivity index (χ0n) is 16.1. The molecule has 0 unspecified atom stereocenters. The summed E-state index contributed by atoms with van der Waals surface area (Å²) < 4.78 is 3.54. The summed E-state index contributed by atoms with van der Waals surface area (Å²) >= 11 is 0. The van der Waals surface area contributed by atoms with Gasteiger partial charge in [-0.05, 0) is 51.4 Å². The first-order chi connectivity index (χ1) is 13.0. The predicted octanol–water partition coefficient (Wildman–Crippen LogP) is 1.74. The van der Waals surface area contributed by atoms with Crippen molar-refractivity contribution in [3.05, 3.63) is 50.7 Å². The molecule has 3 heterocycles. The van der Waals surface area contributed by atoms with Gasteiger partial charge in [-0.3, -0.25) is 14.2 Å². The molecule has 1 saturated carbocycles. The van der Waals surface area contributed by atoms with Crippen molar-refractivity contribution in [1.29, 1.82) is 0 Å². The molecule has 0 radical (unpaired) electrons. The molecule has 0 aromatic carbocycles. The van der Waals surface area contributed by atoms with Crippen LogP contribution in [0.4, 0.5) is 5.82 Å². The summed E-state index contributed by atoms with van der Waals surface area (Å²) in [7, 11) is 0. The molecule has 7 nitrogen and oxygen atoms in total. The Balaban J connectivity index is 1.41. The van der Waals surface area contributed by atoms with Gasteiger partial charge in [-0.15, -0.1) is 0 Å². The van der Waals surface area contributed by atoms with Crippen molar-refractivity contribution in [2.24, 2.45) is 11.8 Å². The number of piperidine rings is 1. The second-order valence-corrected chi connectivity index (χ2v) is 7.99. The van der Waals surface area contributed by atoms with Crippen molar-refractivity contribution < 1.29 is 0 Å². The third kappa shape index (κ3) is 3.82. The number of aryl methyl sites for hydroxylation is 1. The van der Waals surface area contributed by atoms with Gasteiger partial charge in [0.25, 0.3) is 11.1 Å². The number of rotatable bonds is 5. The molecule has 0 amide bonds. The number of aromatic nitrogens is 4. The fourth-order valence-corrected chi connectivity index (χ4v) is 3.79. The maximum absolute atomic E-state index is 12.7. The van der Waals surface area contributed by atoms with Crippen LogP contribution in [-0.4, -0.2) is 32.2 Å². The molecule has 2 fully saturated rings. The van der Waals surface area contributed by atoms with Crippen LogP contribution in [-0.2, 0) is 13.1 Å². The molecule has 0 N–H and O–H groups in total. The normalized spacial score (nSPS) is 18.1. The topological polar surface area (TPSA) is 73.0 Å². The van der Waals surface area contributed by atoms with Crippen LogP contribution in [0, 0.1) is 25.7 Å². The number of anilines is 1. The van der Waals surface area contributed by atoms with Gasteiger partial charge in [-0.1, -0.05) is 0 Å². The highest BCUT2D eigenvalue weighted by Gasteiger charge is 2.25. The van der Waals surface area contributed by atoms with Crippen LogP contribution in [0.15, 0.2) is 28.3 Å². The Hall–Kier alpha value is -2.44. The monoisotopic (exact) mass is 369 g/mol. The largest absolute Gasteiger partial charge is 0.352 e. The van der Waals surface area contributed by atoms with Crippen molar-refractivity contribution in [2.45, 2.75) is 52.6 Å². The van der Waals surface area contributed by atoms with Gasteiger partial charge in [0.15, 0.2) is 5.82 Å². The summed E-state index contributed by atoms with van der Waals surface area (Å²) in [5, 5.41) is 0. The lowest BCUT2D eigenvalue weighted by Crippen LogP contribution is -2.40. The summed E-state index contributed by atoms with van der Waals surface area (Å²) in [6.07, 6.45) is 9.54. The van der Waals surface area contributed by atoms with E-state index in [1.165, 1.54) is 12.8 Å². The third-order valence-corrected chi connectivity index (χ3v) is 5.93. The van der Waals surface area contributed by atoms with Gasteiger partial charge >= 0.3 is 0 Å². The fraction of sp³-hybridized carbons (Fsp3) is 0.600. The van der Waals surface area contributed by atoms with Crippen LogP contribution in [0.3, 0.4) is 0 Å². The van der Waals surface area contributed by atoms with E-state index in [1.54, 1.807) is 23.3 Å². The first-order valence-electron chi connectivity index (χ1n) is 9.86. The SMILES string of the molecule is Cc1ncn(CC2CCN(c3nccn(CC4CC4)c3=O)CC2)c(=O)c1C. The van der Waals surface area contributed by atoms with Crippen LogP contribution in [0.1, 0.15) is 36.9 Å². The minimum absolute atomic E-state index is 0.0254. The van der Waals surface area contributed by atoms with Gasteiger partial charge in [-0.25, -0.2) is 9.97 Å². The number of hydrogen-bond donors (Lipinski definition) is 0. The molecule has 7 heteroatoms. The van der Waals surface area contributed by atoms with Crippen molar-refractivity contribution in [2.75, 3.05) is 18.0 Å². The van der Waals surface area contributed by atoms with Crippen LogP contribution in [0.2, 0.25) is 0 Å². The average molecular weight is 369 g/mol. The van der Waals surface area contributed by atoms with Gasteiger partial charge in [0.1, 0.15) is 0 Å². The first-order valence-corrected chi connectivity index (χ1v) is 9.86. The third-order valence-electron chi connectivity index (χ3n) is 5.93. The molecular formula is C20H27N5O2. The highest BCUT2D eigenvalue weighted by Crippen LogP contribution is 2.30. The Morgan fingerprint density at radius 3 is 2.30 bits per heavy atom. The molecule has 1 saturated heterocycles. The Kier molecular flexibility index (Phi) is 4.85. The van der Waals surface area contributed by atoms with E-state index < -0.39 is 0 Å². The molecule has 1 aliphatic heterocycles. The highest BCUT2D eigenvalue weighted by molar-refractivity contribution is 5.36. The van der Waals surface area contributed by atoms with Crippen molar-refractivity contribution in [3.8, 4) is 0 Å². The second kappa shape index (κ2) is 7.29. The lowest BCUT2D eigenvalue weighted by Gasteiger charge is -2.32. The minimum atomic E-state index is 0.0254. The molecule has 0 spiro atoms. The number of hydrogen-bond acceptors (Lipinski definition) is 5. The van der Waals surface area contributed by atoms with Gasteiger partial charge < -0.3 is 9.47 Å². The van der Waals surface area contributed by atoms with E-state index in [0.717, 1.165) is 43.7 Å². The van der Waals surface area contributed by atoms with Gasteiger partial charge in [0, 0.05) is 49.8 Å². The molecule has 4 rings (SSSR count). The summed E-state index contributed by atoms with van der Waals surface area (Å²) in [4.78, 5) is 35.9. The van der Waals surface area contributed by atoms with Crippen LogP contribution < -0.4 is 16.0 Å². The zero-order valence-corrected chi connectivity index (χ0v) is 16.1. The smallest absolute Gasteiger partial charge is 0.293 e. The van der Waals surface area contributed by atoms with E-state index in [1.807, 2.05) is 18.4 Å². The van der Waals surface area contributed by atoms with Crippen molar-refractivity contribution in [1.82, 2.24) is 19.1 Å². The molecule has 0 bridgehead atoms. The zero-order chi connectivity index (χ0) is 19.0. The van der Waals surface area contributed by atoms with E-state index in [-0.39, 0.29) is 11.1 Å². The summed E-state index contributed by atoms with van der Waals surface area (Å²) in [5.41, 5.74) is 1.60. The van der Waals surface area contributed by atoms with Crippen LogP contribution in [0.5, 0.6) is 0 Å². The summed E-state index contributed by atoms with van der Waals surface area (Å²) in [6.45, 7) is 6.79. The fourth-order valence-electron chi connectivity index (χ4n) is 3.79. The average Bonchev–Trinajstić information content (AvgIpc) is 3.49. The van der Waals surface area contributed by atoms with E-state index in [2.05, 4.69) is 14.9 Å². The van der Waals surface area contributed by atoms with Crippen LogP contribution >= 0.6 is 0 Å². The number of nitrogens with zero attached hydrogens (tertiary/aromatic N) is 5. The van der Waals surface area contributed by atoms with E-state index >= 15 is 0 Å². The first kappa shape index (κ1) is 17.9. The highest BCUT2D eigenvalue weighted by atomic mass is 16.1. The Morgan fingerprint density at radius 1 is 0.926 bits per heavy atom. The second-order valence-electron chi connectivity index (χ2n) is 7.99. The van der Waals surface area contributed by atoms with E-state index in [0.29, 0.717) is 24.2 Å². The summed E-state index contributed by atoms with van der Waals surface area (Å²) in [5.74, 6) is 1.65. The standard InChI is InChI=1S/C20H27N5O2/c1-14-15(2)22-13-25(19(14)26)12-17-5-8-23(9-6-17)18-20(27)24(10-7-21-18)11-16-3-4-16/h7,10,13,16-17H,3-6,8-9,11-12H2,1-2H3. The van der Waals surface area contributed by atoms with Gasteiger partial charge in [0.05, 0.1) is 6.33 Å². The lowest BCUT2D eigenvalue weighted by atomic mass is 9.96. The minimum Gasteiger partial charge on any atom is -0.352 e. The molecule has 27 heavy (non-hydrogen) atoms. The predicted molar refractivity (Wildman–Crippen MR) is 104 cm³/mol. The maximum atomic E-state index is 12.7. The van der Waals surface area contributed by atoms with Gasteiger partial charge in [-0.2, -0.15) is 0 Å². The maximum Gasteiger partial charge on any atom is 0.293 e. The molecule has 2 aliphatic rings. The van der Waals surface area contributed by atoms with E-state index in [9.17, 15) is 9.59 Å². The summed E-state index contributed by atoms with van der Waals surface area (Å²) in [6, 6.07) is 0. The quantitative estimate of drug-likeness (QED) is 0.803. The Morgan fingerprint density at radius 2 is 1.59 bits per heavy atom. The molecule has 1 aliphatic carbocycles. The Bertz CT molecular complexity index is 936. The van der Waals surface area contributed by atoms with Crippen molar-refractivity contribution >= 4 is 5.82 Å². The molecular weight excluding hydrogens is 342 g/mol. The van der Waals surface area contributed by atoms with Gasteiger partial charge in [0.2, 0.25) is 0 Å². The van der Waals surface area contributed by atoms with Crippen molar-refractivity contribution in [3.63, 3.8) is 0 Å². The molecule has 0 atom stereocenters. The van der Waals surface area contributed by atoms with E-state index in [4.69, 9.17) is 0 Å².